The molecule has 1 amide bonds. The topological polar surface area (TPSA) is 23.6 Å². The van der Waals surface area contributed by atoms with Gasteiger partial charge in [0.2, 0.25) is 6.41 Å². The lowest BCUT2D eigenvalue weighted by Crippen LogP contribution is -2.27. The van der Waals surface area contributed by atoms with Crippen LogP contribution in [0.3, 0.4) is 0 Å². The minimum absolute atomic E-state index is 0.802. The molecule has 98 valence electrons. The number of hydrogen-bond donors (Lipinski definition) is 0. The van der Waals surface area contributed by atoms with Crippen molar-refractivity contribution in [1.82, 2.24) is 9.80 Å². The van der Waals surface area contributed by atoms with Gasteiger partial charge >= 0.3 is 0 Å². The first-order valence-corrected chi connectivity index (χ1v) is 6.38. The third-order valence-electron chi connectivity index (χ3n) is 2.63. The van der Waals surface area contributed by atoms with Crippen molar-refractivity contribution in [2.45, 2.75) is 26.7 Å². The molecule has 0 aromatic rings. The van der Waals surface area contributed by atoms with Crippen LogP contribution in [0.2, 0.25) is 0 Å². The summed E-state index contributed by atoms with van der Waals surface area (Å²) in [7, 11) is 2.11. The van der Waals surface area contributed by atoms with Crippen LogP contribution in [0.1, 0.15) is 26.7 Å². The Hall–Kier alpha value is -1.09. The molecule has 0 rings (SSSR count). The monoisotopic (exact) mass is 238 g/mol. The average molecular weight is 238 g/mol. The van der Waals surface area contributed by atoms with Crippen molar-refractivity contribution < 1.29 is 4.79 Å². The molecule has 0 atom stereocenters. The lowest BCUT2D eigenvalue weighted by atomic mass is 10.3. The zero-order valence-corrected chi connectivity index (χ0v) is 11.4. The molecular formula is C14H26N2O. The number of carbonyl (C=O) groups is 1. The van der Waals surface area contributed by atoms with Crippen LogP contribution in [0.25, 0.3) is 0 Å². The Morgan fingerprint density at radius 1 is 1.12 bits per heavy atom. The van der Waals surface area contributed by atoms with Crippen LogP contribution >= 0.6 is 0 Å². The Morgan fingerprint density at radius 2 is 1.88 bits per heavy atom. The zero-order chi connectivity index (χ0) is 12.9. The lowest BCUT2D eigenvalue weighted by Gasteiger charge is -2.18. The highest BCUT2D eigenvalue weighted by atomic mass is 16.1. The van der Waals surface area contributed by atoms with E-state index < -0.39 is 0 Å². The van der Waals surface area contributed by atoms with E-state index in [0.717, 1.165) is 45.4 Å². The Bertz CT molecular complexity index is 236. The van der Waals surface area contributed by atoms with Gasteiger partial charge in [-0.15, -0.1) is 0 Å². The summed E-state index contributed by atoms with van der Waals surface area (Å²) in [4.78, 5) is 14.6. The number of likely N-dealkylation sites (N-methyl/N-ethyl adjacent to an activating group) is 1. The van der Waals surface area contributed by atoms with E-state index in [1.54, 1.807) is 4.90 Å². The molecule has 0 bridgehead atoms. The molecule has 0 heterocycles. The molecule has 0 saturated carbocycles. The van der Waals surface area contributed by atoms with Gasteiger partial charge in [0.25, 0.3) is 0 Å². The van der Waals surface area contributed by atoms with E-state index in [1.807, 2.05) is 13.8 Å². The molecule has 0 aliphatic heterocycles. The highest BCUT2D eigenvalue weighted by molar-refractivity contribution is 5.46. The number of allylic oxidation sites excluding steroid dienone is 3. The molecule has 0 spiro atoms. The van der Waals surface area contributed by atoms with Crippen molar-refractivity contribution in [1.29, 1.82) is 0 Å². The summed E-state index contributed by atoms with van der Waals surface area (Å²) < 4.78 is 0. The molecule has 3 heteroatoms. The standard InChI is InChI=1S/C14H26N2O/c1-4-6-7-8-9-11-15(3)12-10-13-16(5-2)14-17/h4,6,8-9,14H,5,7,10-13H2,1-3H3/b6-4-,9-8-. The molecule has 0 radical (unpaired) electrons. The second-order valence-electron chi connectivity index (χ2n) is 4.13. The summed E-state index contributed by atoms with van der Waals surface area (Å²) in [6.07, 6.45) is 11.5. The zero-order valence-electron chi connectivity index (χ0n) is 11.4. The maximum absolute atomic E-state index is 10.6. The van der Waals surface area contributed by atoms with Gasteiger partial charge in [-0.25, -0.2) is 0 Å². The molecule has 0 N–H and O–H groups in total. The fourth-order valence-electron chi connectivity index (χ4n) is 1.49. The predicted octanol–water partition coefficient (Wildman–Crippen LogP) is 2.31. The Balaban J connectivity index is 3.55. The van der Waals surface area contributed by atoms with Gasteiger partial charge in [-0.3, -0.25) is 4.79 Å². The summed E-state index contributed by atoms with van der Waals surface area (Å²) in [6, 6.07) is 0. The van der Waals surface area contributed by atoms with Crippen molar-refractivity contribution in [2.75, 3.05) is 33.2 Å². The van der Waals surface area contributed by atoms with Crippen molar-refractivity contribution in [2.24, 2.45) is 0 Å². The number of carbonyl (C=O) groups excluding carboxylic acids is 1. The van der Waals surface area contributed by atoms with Gasteiger partial charge in [-0.1, -0.05) is 24.3 Å². The lowest BCUT2D eigenvalue weighted by molar-refractivity contribution is -0.118. The van der Waals surface area contributed by atoms with E-state index in [1.165, 1.54) is 0 Å². The number of amides is 1. The van der Waals surface area contributed by atoms with Crippen molar-refractivity contribution in [3.05, 3.63) is 24.3 Å². The van der Waals surface area contributed by atoms with Gasteiger partial charge in [0.15, 0.2) is 0 Å². The van der Waals surface area contributed by atoms with Gasteiger partial charge in [0, 0.05) is 19.6 Å². The van der Waals surface area contributed by atoms with Crippen LogP contribution in [-0.2, 0) is 4.79 Å². The van der Waals surface area contributed by atoms with E-state index in [9.17, 15) is 4.79 Å². The molecule has 0 fully saturated rings. The van der Waals surface area contributed by atoms with Crippen LogP contribution in [0.4, 0.5) is 0 Å². The van der Waals surface area contributed by atoms with Crippen molar-refractivity contribution >= 4 is 6.41 Å². The molecular weight excluding hydrogens is 212 g/mol. The van der Waals surface area contributed by atoms with Gasteiger partial charge in [0.1, 0.15) is 0 Å². The van der Waals surface area contributed by atoms with Crippen LogP contribution in [0.5, 0.6) is 0 Å². The first-order valence-electron chi connectivity index (χ1n) is 6.38. The molecule has 17 heavy (non-hydrogen) atoms. The normalized spacial score (nSPS) is 11.8. The predicted molar refractivity (Wildman–Crippen MR) is 74.0 cm³/mol. The maximum Gasteiger partial charge on any atom is 0.209 e. The molecule has 0 aliphatic carbocycles. The molecule has 0 aliphatic rings. The summed E-state index contributed by atoms with van der Waals surface area (Å²) in [5.74, 6) is 0. The van der Waals surface area contributed by atoms with Crippen molar-refractivity contribution in [3.63, 3.8) is 0 Å². The Labute approximate surface area is 106 Å². The van der Waals surface area contributed by atoms with E-state index in [-0.39, 0.29) is 0 Å². The van der Waals surface area contributed by atoms with Gasteiger partial charge in [0.05, 0.1) is 0 Å². The Kier molecular flexibility index (Phi) is 10.7. The molecule has 0 aromatic heterocycles. The third kappa shape index (κ3) is 9.82. The minimum atomic E-state index is 0.802. The molecule has 0 unspecified atom stereocenters. The molecule has 3 nitrogen and oxygen atoms in total. The van der Waals surface area contributed by atoms with Crippen LogP contribution in [-0.4, -0.2) is 49.4 Å². The summed E-state index contributed by atoms with van der Waals surface area (Å²) in [5.41, 5.74) is 0. The van der Waals surface area contributed by atoms with Crippen LogP contribution in [0, 0.1) is 0 Å². The number of nitrogens with zero attached hydrogens (tertiary/aromatic N) is 2. The van der Waals surface area contributed by atoms with Gasteiger partial charge in [-0.2, -0.15) is 0 Å². The van der Waals surface area contributed by atoms with Crippen molar-refractivity contribution in [3.8, 4) is 0 Å². The quantitative estimate of drug-likeness (QED) is 0.431. The van der Waals surface area contributed by atoms with Crippen LogP contribution < -0.4 is 0 Å². The Morgan fingerprint density at radius 3 is 2.47 bits per heavy atom. The van der Waals surface area contributed by atoms with E-state index in [4.69, 9.17) is 0 Å². The minimum Gasteiger partial charge on any atom is -0.345 e. The largest absolute Gasteiger partial charge is 0.345 e. The summed E-state index contributed by atoms with van der Waals surface area (Å²) >= 11 is 0. The molecule has 0 saturated heterocycles. The fraction of sp³-hybridized carbons (Fsp3) is 0.643. The van der Waals surface area contributed by atoms with Gasteiger partial charge < -0.3 is 9.80 Å². The first kappa shape index (κ1) is 15.9. The summed E-state index contributed by atoms with van der Waals surface area (Å²) in [6.45, 7) is 7.70. The first-order chi connectivity index (χ1) is 8.24. The smallest absolute Gasteiger partial charge is 0.209 e. The summed E-state index contributed by atoms with van der Waals surface area (Å²) in [5, 5.41) is 0. The number of rotatable bonds is 10. The second kappa shape index (κ2) is 11.4. The van der Waals surface area contributed by atoms with Gasteiger partial charge in [-0.05, 0) is 40.3 Å². The third-order valence-corrected chi connectivity index (χ3v) is 2.63. The van der Waals surface area contributed by atoms with E-state index in [0.29, 0.717) is 0 Å². The fourth-order valence-corrected chi connectivity index (χ4v) is 1.49. The number of hydrogen-bond acceptors (Lipinski definition) is 2. The average Bonchev–Trinajstić information content (AvgIpc) is 2.34. The molecule has 0 aromatic carbocycles. The van der Waals surface area contributed by atoms with Crippen LogP contribution in [0.15, 0.2) is 24.3 Å². The highest BCUT2D eigenvalue weighted by Crippen LogP contribution is 1.93. The van der Waals surface area contributed by atoms with E-state index in [2.05, 4.69) is 36.3 Å². The SMILES string of the molecule is C/C=C\C/C=C\CN(C)CCCN(C=O)CC. The van der Waals surface area contributed by atoms with E-state index >= 15 is 0 Å². The maximum atomic E-state index is 10.6. The second-order valence-corrected chi connectivity index (χ2v) is 4.13. The highest BCUT2D eigenvalue weighted by Gasteiger charge is 1.99.